The Balaban J connectivity index is 1.86. The molecule has 1 fully saturated rings. The van der Waals surface area contributed by atoms with Crippen LogP contribution in [-0.4, -0.2) is 40.1 Å². The van der Waals surface area contributed by atoms with Gasteiger partial charge in [-0.3, -0.25) is 9.89 Å². The van der Waals surface area contributed by atoms with Crippen LogP contribution >= 0.6 is 11.6 Å². The number of hydrogen-bond donors (Lipinski definition) is 2. The zero-order valence-corrected chi connectivity index (χ0v) is 14.2. The molecule has 1 aliphatic rings. The zero-order chi connectivity index (χ0) is 17.3. The SMILES string of the molecule is C[C@@H](N)[C@H]1CCCN(C(=O)c2cn[nH]c2-c2ccc(F)c(Cl)c2)C1. The molecule has 0 aliphatic carbocycles. The maximum atomic E-state index is 13.4. The van der Waals surface area contributed by atoms with E-state index in [9.17, 15) is 9.18 Å². The summed E-state index contributed by atoms with van der Waals surface area (Å²) >= 11 is 5.85. The fourth-order valence-corrected chi connectivity index (χ4v) is 3.29. The highest BCUT2D eigenvalue weighted by atomic mass is 35.5. The van der Waals surface area contributed by atoms with Crippen molar-refractivity contribution in [3.63, 3.8) is 0 Å². The van der Waals surface area contributed by atoms with Crippen LogP contribution in [0.3, 0.4) is 0 Å². The van der Waals surface area contributed by atoms with Gasteiger partial charge in [-0.2, -0.15) is 5.10 Å². The molecule has 0 unspecified atom stereocenters. The van der Waals surface area contributed by atoms with Crippen LogP contribution in [0.4, 0.5) is 4.39 Å². The number of halogens is 2. The molecule has 2 heterocycles. The highest BCUT2D eigenvalue weighted by Crippen LogP contribution is 2.28. The number of amides is 1. The van der Waals surface area contributed by atoms with E-state index in [1.807, 2.05) is 11.8 Å². The Morgan fingerprint density at radius 2 is 2.33 bits per heavy atom. The third-order valence-electron chi connectivity index (χ3n) is 4.57. The molecular formula is C17H20ClFN4O. The van der Waals surface area contributed by atoms with E-state index in [2.05, 4.69) is 10.2 Å². The smallest absolute Gasteiger partial charge is 0.257 e. The van der Waals surface area contributed by atoms with Gasteiger partial charge in [-0.05, 0) is 43.9 Å². The summed E-state index contributed by atoms with van der Waals surface area (Å²) in [4.78, 5) is 14.7. The summed E-state index contributed by atoms with van der Waals surface area (Å²) in [5, 5.41) is 6.82. The second-order valence-electron chi connectivity index (χ2n) is 6.30. The highest BCUT2D eigenvalue weighted by Gasteiger charge is 2.28. The maximum Gasteiger partial charge on any atom is 0.257 e. The molecule has 1 saturated heterocycles. The van der Waals surface area contributed by atoms with Crippen LogP contribution in [0.15, 0.2) is 24.4 Å². The lowest BCUT2D eigenvalue weighted by Crippen LogP contribution is -2.45. The van der Waals surface area contributed by atoms with E-state index in [4.69, 9.17) is 17.3 Å². The number of aromatic nitrogens is 2. The van der Waals surface area contributed by atoms with Crippen LogP contribution in [0.25, 0.3) is 11.3 Å². The topological polar surface area (TPSA) is 75.0 Å². The highest BCUT2D eigenvalue weighted by molar-refractivity contribution is 6.31. The second-order valence-corrected chi connectivity index (χ2v) is 6.71. The lowest BCUT2D eigenvalue weighted by Gasteiger charge is -2.34. The molecular weight excluding hydrogens is 331 g/mol. The van der Waals surface area contributed by atoms with E-state index in [0.717, 1.165) is 12.8 Å². The second kappa shape index (κ2) is 6.91. The molecule has 0 saturated carbocycles. The van der Waals surface area contributed by atoms with E-state index in [0.29, 0.717) is 35.8 Å². The van der Waals surface area contributed by atoms with Crippen molar-refractivity contribution in [2.75, 3.05) is 13.1 Å². The summed E-state index contributed by atoms with van der Waals surface area (Å²) in [6.45, 7) is 3.32. The van der Waals surface area contributed by atoms with Crippen LogP contribution in [0.5, 0.6) is 0 Å². The third-order valence-corrected chi connectivity index (χ3v) is 4.86. The lowest BCUT2D eigenvalue weighted by atomic mass is 9.91. The Kier molecular flexibility index (Phi) is 4.87. The average molecular weight is 351 g/mol. The monoisotopic (exact) mass is 350 g/mol. The molecule has 1 aliphatic heterocycles. The van der Waals surface area contributed by atoms with Crippen molar-refractivity contribution >= 4 is 17.5 Å². The first kappa shape index (κ1) is 16.9. The quantitative estimate of drug-likeness (QED) is 0.893. The average Bonchev–Trinajstić information content (AvgIpc) is 3.06. The van der Waals surface area contributed by atoms with Crippen molar-refractivity contribution in [1.82, 2.24) is 15.1 Å². The third kappa shape index (κ3) is 3.30. The first-order chi connectivity index (χ1) is 11.5. The van der Waals surface area contributed by atoms with Gasteiger partial charge in [0.2, 0.25) is 0 Å². The van der Waals surface area contributed by atoms with E-state index in [-0.39, 0.29) is 17.0 Å². The number of carbonyl (C=O) groups is 1. The fraction of sp³-hybridized carbons (Fsp3) is 0.412. The van der Waals surface area contributed by atoms with Gasteiger partial charge < -0.3 is 10.6 Å². The molecule has 24 heavy (non-hydrogen) atoms. The predicted molar refractivity (Wildman–Crippen MR) is 91.3 cm³/mol. The fourth-order valence-electron chi connectivity index (χ4n) is 3.11. The van der Waals surface area contributed by atoms with Gasteiger partial charge in [0, 0.05) is 24.7 Å². The molecule has 1 amide bonds. The van der Waals surface area contributed by atoms with E-state index in [1.54, 1.807) is 6.07 Å². The van der Waals surface area contributed by atoms with Gasteiger partial charge in [0.05, 0.1) is 22.5 Å². The molecule has 5 nitrogen and oxygen atoms in total. The van der Waals surface area contributed by atoms with Crippen molar-refractivity contribution in [3.8, 4) is 11.3 Å². The Morgan fingerprint density at radius 1 is 1.54 bits per heavy atom. The van der Waals surface area contributed by atoms with Crippen molar-refractivity contribution < 1.29 is 9.18 Å². The number of H-pyrrole nitrogens is 1. The van der Waals surface area contributed by atoms with Gasteiger partial charge in [0.15, 0.2) is 0 Å². The molecule has 1 aromatic carbocycles. The lowest BCUT2D eigenvalue weighted by molar-refractivity contribution is 0.0662. The standard InChI is InChI=1S/C17H20ClFN4O/c1-10(20)12-3-2-6-23(9-12)17(24)13-8-21-22-16(13)11-4-5-15(19)14(18)7-11/h4-5,7-8,10,12H,2-3,6,9,20H2,1H3,(H,21,22)/t10-,12+/m1/s1. The van der Waals surface area contributed by atoms with E-state index in [1.165, 1.54) is 18.3 Å². The minimum Gasteiger partial charge on any atom is -0.338 e. The van der Waals surface area contributed by atoms with Crippen LogP contribution in [0.1, 0.15) is 30.1 Å². The number of nitrogens with one attached hydrogen (secondary N) is 1. The minimum absolute atomic E-state index is 0.00971. The first-order valence-electron chi connectivity index (χ1n) is 8.01. The van der Waals surface area contributed by atoms with Crippen LogP contribution in [-0.2, 0) is 0 Å². The van der Waals surface area contributed by atoms with Gasteiger partial charge in [-0.25, -0.2) is 4.39 Å². The molecule has 0 spiro atoms. The summed E-state index contributed by atoms with van der Waals surface area (Å²) in [6, 6.07) is 4.40. The Hall–Kier alpha value is -1.92. The number of nitrogens with two attached hydrogens (primary N) is 1. The summed E-state index contributed by atoms with van der Waals surface area (Å²) in [7, 11) is 0. The normalized spacial score (nSPS) is 19.3. The van der Waals surface area contributed by atoms with Crippen LogP contribution < -0.4 is 5.73 Å². The summed E-state index contributed by atoms with van der Waals surface area (Å²) in [5.74, 6) is -0.286. The Labute approximate surface area is 145 Å². The number of hydrogen-bond acceptors (Lipinski definition) is 3. The van der Waals surface area contributed by atoms with Gasteiger partial charge >= 0.3 is 0 Å². The molecule has 2 aromatic rings. The van der Waals surface area contributed by atoms with E-state index < -0.39 is 5.82 Å². The Bertz CT molecular complexity index is 746. The number of nitrogens with zero attached hydrogens (tertiary/aromatic N) is 2. The number of carbonyl (C=O) groups excluding carboxylic acids is 1. The minimum atomic E-state index is -0.497. The molecule has 128 valence electrons. The largest absolute Gasteiger partial charge is 0.338 e. The molecule has 3 N–H and O–H groups in total. The van der Waals surface area contributed by atoms with Gasteiger partial charge in [0.25, 0.3) is 5.91 Å². The van der Waals surface area contributed by atoms with E-state index >= 15 is 0 Å². The maximum absolute atomic E-state index is 13.4. The van der Waals surface area contributed by atoms with Gasteiger partial charge in [0.1, 0.15) is 5.82 Å². The summed E-state index contributed by atoms with van der Waals surface area (Å²) in [5.41, 5.74) is 7.63. The zero-order valence-electron chi connectivity index (χ0n) is 13.4. The first-order valence-corrected chi connectivity index (χ1v) is 8.39. The molecule has 1 aromatic heterocycles. The van der Waals surface area contributed by atoms with Crippen LogP contribution in [0.2, 0.25) is 5.02 Å². The predicted octanol–water partition coefficient (Wildman–Crippen LogP) is 3.07. The van der Waals surface area contributed by atoms with Crippen molar-refractivity contribution in [1.29, 1.82) is 0 Å². The number of aromatic amines is 1. The van der Waals surface area contributed by atoms with Crippen LogP contribution in [0, 0.1) is 11.7 Å². The molecule has 2 atom stereocenters. The van der Waals surface area contributed by atoms with Crippen molar-refractivity contribution in [3.05, 3.63) is 40.8 Å². The summed E-state index contributed by atoms with van der Waals surface area (Å²) in [6.07, 6.45) is 3.48. The number of benzene rings is 1. The van der Waals surface area contributed by atoms with Gasteiger partial charge in [-0.1, -0.05) is 11.6 Å². The number of likely N-dealkylation sites (tertiary alicyclic amines) is 1. The number of rotatable bonds is 3. The Morgan fingerprint density at radius 3 is 3.04 bits per heavy atom. The number of piperidine rings is 1. The van der Waals surface area contributed by atoms with Gasteiger partial charge in [-0.15, -0.1) is 0 Å². The molecule has 0 radical (unpaired) electrons. The van der Waals surface area contributed by atoms with Crippen molar-refractivity contribution in [2.45, 2.75) is 25.8 Å². The summed E-state index contributed by atoms with van der Waals surface area (Å²) < 4.78 is 13.4. The molecule has 3 rings (SSSR count). The molecule has 0 bridgehead atoms. The van der Waals surface area contributed by atoms with Crippen molar-refractivity contribution in [2.24, 2.45) is 11.7 Å². The molecule has 7 heteroatoms.